The summed E-state index contributed by atoms with van der Waals surface area (Å²) in [6.07, 6.45) is 0. The number of carbonyl (C=O) groups excluding carboxylic acids is 1. The van der Waals surface area contributed by atoms with Crippen LogP contribution in [0.5, 0.6) is 5.75 Å². The maximum absolute atomic E-state index is 12.7. The molecule has 0 heterocycles. The molecule has 25 heavy (non-hydrogen) atoms. The zero-order chi connectivity index (χ0) is 18.8. The Kier molecular flexibility index (Phi) is 4.52. The Bertz CT molecular complexity index is 833. The summed E-state index contributed by atoms with van der Waals surface area (Å²) in [4.78, 5) is 12.7. The van der Waals surface area contributed by atoms with Gasteiger partial charge in [0.25, 0.3) is 0 Å². The van der Waals surface area contributed by atoms with Crippen molar-refractivity contribution in [2.24, 2.45) is 22.7 Å². The van der Waals surface area contributed by atoms with Crippen LogP contribution in [0.15, 0.2) is 24.3 Å². The number of ether oxygens (including phenoxy) is 1. The van der Waals surface area contributed by atoms with Gasteiger partial charge >= 0.3 is 0 Å². The topological polar surface area (TPSA) is 121 Å². The number of Topliss-reactive ketones (excluding diaryl/α,β-unsaturated/α-hetero) is 1. The standard InChI is InChI=1S/C19H16N4O2/c1-12-16(14-4-6-15(25-3)7-5-14)19(10-22,11-23)18(8-20,9-21)13(2)17(12)24/h4-7,12-13,16H,1-3H3/t12-,13-,16+/m0/s1. The average molecular weight is 332 g/mol. The van der Waals surface area contributed by atoms with Crippen LogP contribution in [0, 0.1) is 68.0 Å². The first-order chi connectivity index (χ1) is 11.9. The second-order valence-corrected chi connectivity index (χ2v) is 6.23. The number of ketones is 1. The van der Waals surface area contributed by atoms with Gasteiger partial charge in [-0.05, 0) is 17.7 Å². The number of nitrogens with zero attached hydrogens (tertiary/aromatic N) is 4. The van der Waals surface area contributed by atoms with E-state index in [0.717, 1.165) is 0 Å². The van der Waals surface area contributed by atoms with Crippen LogP contribution >= 0.6 is 0 Å². The zero-order valence-corrected chi connectivity index (χ0v) is 14.1. The molecular formula is C19H16N4O2. The SMILES string of the molecule is COc1ccc([C@H]2[C@H](C)C(=O)[C@H](C)C(C#N)(C#N)C2(C#N)C#N)cc1. The Morgan fingerprint density at radius 3 is 1.80 bits per heavy atom. The third-order valence-corrected chi connectivity index (χ3v) is 5.29. The van der Waals surface area contributed by atoms with E-state index >= 15 is 0 Å². The molecule has 6 heteroatoms. The highest BCUT2D eigenvalue weighted by Crippen LogP contribution is 2.59. The monoisotopic (exact) mass is 332 g/mol. The molecule has 3 atom stereocenters. The molecule has 1 aliphatic rings. The minimum absolute atomic E-state index is 0.301. The van der Waals surface area contributed by atoms with Gasteiger partial charge in [-0.2, -0.15) is 21.0 Å². The number of rotatable bonds is 2. The molecule has 0 bridgehead atoms. The van der Waals surface area contributed by atoms with Crippen molar-refractivity contribution in [2.75, 3.05) is 7.11 Å². The first kappa shape index (κ1) is 18.0. The van der Waals surface area contributed by atoms with E-state index in [1.54, 1.807) is 31.2 Å². The fourth-order valence-electron chi connectivity index (χ4n) is 3.82. The minimum atomic E-state index is -2.04. The molecule has 0 saturated heterocycles. The van der Waals surface area contributed by atoms with Crippen molar-refractivity contribution in [3.63, 3.8) is 0 Å². The van der Waals surface area contributed by atoms with Crippen LogP contribution in [0.3, 0.4) is 0 Å². The van der Waals surface area contributed by atoms with Gasteiger partial charge in [0.2, 0.25) is 0 Å². The normalized spacial score (nSPS) is 26.4. The van der Waals surface area contributed by atoms with Gasteiger partial charge in [0.15, 0.2) is 10.8 Å². The fourth-order valence-corrected chi connectivity index (χ4v) is 3.82. The first-order valence-electron chi connectivity index (χ1n) is 7.71. The van der Waals surface area contributed by atoms with Crippen molar-refractivity contribution in [1.29, 1.82) is 21.0 Å². The van der Waals surface area contributed by atoms with Crippen molar-refractivity contribution < 1.29 is 9.53 Å². The molecule has 1 saturated carbocycles. The molecule has 0 aliphatic heterocycles. The number of benzene rings is 1. The summed E-state index contributed by atoms with van der Waals surface area (Å²) in [5.41, 5.74) is -3.45. The van der Waals surface area contributed by atoms with Crippen molar-refractivity contribution in [2.45, 2.75) is 19.8 Å². The summed E-state index contributed by atoms with van der Waals surface area (Å²) in [5.74, 6) is -2.33. The van der Waals surface area contributed by atoms with Crippen molar-refractivity contribution in [3.8, 4) is 30.0 Å². The van der Waals surface area contributed by atoms with Crippen molar-refractivity contribution in [1.82, 2.24) is 0 Å². The summed E-state index contributed by atoms with van der Waals surface area (Å²) in [6, 6.07) is 14.2. The summed E-state index contributed by atoms with van der Waals surface area (Å²) in [6.45, 7) is 3.08. The van der Waals surface area contributed by atoms with E-state index in [0.29, 0.717) is 11.3 Å². The fraction of sp³-hybridized carbons (Fsp3) is 0.421. The van der Waals surface area contributed by atoms with Gasteiger partial charge in [-0.1, -0.05) is 26.0 Å². The van der Waals surface area contributed by atoms with Crippen LogP contribution in [-0.2, 0) is 4.79 Å². The van der Waals surface area contributed by atoms with E-state index in [1.807, 2.05) is 24.3 Å². The molecule has 2 rings (SSSR count). The van der Waals surface area contributed by atoms with Gasteiger partial charge in [-0.3, -0.25) is 4.79 Å². The number of hydrogen-bond acceptors (Lipinski definition) is 6. The zero-order valence-electron chi connectivity index (χ0n) is 14.1. The summed E-state index contributed by atoms with van der Waals surface area (Å²) in [7, 11) is 1.51. The quantitative estimate of drug-likeness (QED) is 0.820. The molecule has 124 valence electrons. The van der Waals surface area contributed by atoms with E-state index < -0.39 is 28.6 Å². The van der Waals surface area contributed by atoms with Crippen LogP contribution in [0.4, 0.5) is 0 Å². The molecule has 0 unspecified atom stereocenters. The average Bonchev–Trinajstić information content (AvgIpc) is 2.66. The van der Waals surface area contributed by atoms with E-state index in [4.69, 9.17) is 4.74 Å². The number of methoxy groups -OCH3 is 1. The molecule has 0 aromatic heterocycles. The van der Waals surface area contributed by atoms with Crippen LogP contribution in [0.1, 0.15) is 25.3 Å². The van der Waals surface area contributed by atoms with E-state index in [9.17, 15) is 25.8 Å². The predicted octanol–water partition coefficient (Wildman–Crippen LogP) is 2.70. The molecule has 1 aliphatic carbocycles. The Balaban J connectivity index is 2.82. The van der Waals surface area contributed by atoms with Gasteiger partial charge in [0, 0.05) is 17.8 Å². The minimum Gasteiger partial charge on any atom is -0.497 e. The Morgan fingerprint density at radius 2 is 1.40 bits per heavy atom. The molecule has 0 radical (unpaired) electrons. The Morgan fingerprint density at radius 1 is 0.920 bits per heavy atom. The number of hydrogen-bond donors (Lipinski definition) is 0. The Labute approximate surface area is 146 Å². The lowest BCUT2D eigenvalue weighted by molar-refractivity contribution is -0.135. The van der Waals surface area contributed by atoms with Crippen LogP contribution in [-0.4, -0.2) is 12.9 Å². The third-order valence-electron chi connectivity index (χ3n) is 5.29. The molecule has 6 nitrogen and oxygen atoms in total. The summed E-state index contributed by atoms with van der Waals surface area (Å²) >= 11 is 0. The molecular weight excluding hydrogens is 316 g/mol. The van der Waals surface area contributed by atoms with E-state index in [2.05, 4.69) is 0 Å². The highest BCUT2D eigenvalue weighted by atomic mass is 16.5. The smallest absolute Gasteiger partial charge is 0.185 e. The Hall–Kier alpha value is -3.35. The summed E-state index contributed by atoms with van der Waals surface area (Å²) in [5, 5.41) is 39.2. The first-order valence-corrected chi connectivity index (χ1v) is 7.71. The van der Waals surface area contributed by atoms with Crippen LogP contribution in [0.25, 0.3) is 0 Å². The highest BCUT2D eigenvalue weighted by molar-refractivity contribution is 5.88. The third kappa shape index (κ3) is 2.16. The van der Waals surface area contributed by atoms with Gasteiger partial charge in [0.1, 0.15) is 11.5 Å². The van der Waals surface area contributed by atoms with Crippen LogP contribution in [0.2, 0.25) is 0 Å². The number of nitriles is 4. The largest absolute Gasteiger partial charge is 0.497 e. The molecule has 1 aromatic rings. The highest BCUT2D eigenvalue weighted by Gasteiger charge is 2.68. The van der Waals surface area contributed by atoms with Gasteiger partial charge in [0.05, 0.1) is 31.4 Å². The molecule has 1 aromatic carbocycles. The number of carbonyl (C=O) groups is 1. The molecule has 0 N–H and O–H groups in total. The van der Waals surface area contributed by atoms with Crippen LogP contribution < -0.4 is 4.74 Å². The maximum atomic E-state index is 12.7. The van der Waals surface area contributed by atoms with Crippen molar-refractivity contribution in [3.05, 3.63) is 29.8 Å². The molecule has 0 amide bonds. The lowest BCUT2D eigenvalue weighted by Crippen LogP contribution is -2.57. The van der Waals surface area contributed by atoms with E-state index in [1.165, 1.54) is 14.0 Å². The van der Waals surface area contributed by atoms with Gasteiger partial charge in [-0.15, -0.1) is 0 Å². The lowest BCUT2D eigenvalue weighted by Gasteiger charge is -2.47. The van der Waals surface area contributed by atoms with Gasteiger partial charge in [-0.25, -0.2) is 0 Å². The lowest BCUT2D eigenvalue weighted by atomic mass is 9.46. The van der Waals surface area contributed by atoms with E-state index in [-0.39, 0.29) is 5.78 Å². The summed E-state index contributed by atoms with van der Waals surface area (Å²) < 4.78 is 5.11. The van der Waals surface area contributed by atoms with Gasteiger partial charge < -0.3 is 4.74 Å². The molecule has 0 spiro atoms. The second-order valence-electron chi connectivity index (χ2n) is 6.23. The predicted molar refractivity (Wildman–Crippen MR) is 86.4 cm³/mol. The second kappa shape index (κ2) is 6.27. The molecule has 1 fully saturated rings. The maximum Gasteiger partial charge on any atom is 0.185 e. The van der Waals surface area contributed by atoms with Crippen molar-refractivity contribution >= 4 is 5.78 Å².